The van der Waals surface area contributed by atoms with Crippen LogP contribution in [-0.4, -0.2) is 24.7 Å². The summed E-state index contributed by atoms with van der Waals surface area (Å²) in [6.07, 6.45) is 6.76. The lowest BCUT2D eigenvalue weighted by Gasteiger charge is -2.29. The Bertz CT molecular complexity index is 185. The van der Waals surface area contributed by atoms with Crippen molar-refractivity contribution in [3.8, 4) is 0 Å². The molecule has 3 atom stereocenters. The standard InChI is InChI=1S/C12H24N2/c1-3-5-12(6-4-7-14-12)9-13-11-8-10(11)2/h10-11,13-14H,3-9H2,1-2H3. The summed E-state index contributed by atoms with van der Waals surface area (Å²) < 4.78 is 0. The SMILES string of the molecule is CCCC1(CNC2CC2C)CCCN1. The van der Waals surface area contributed by atoms with E-state index in [0.717, 1.165) is 12.0 Å². The minimum Gasteiger partial charge on any atom is -0.312 e. The van der Waals surface area contributed by atoms with Gasteiger partial charge in [-0.25, -0.2) is 0 Å². The Hall–Kier alpha value is -0.0800. The van der Waals surface area contributed by atoms with Crippen molar-refractivity contribution in [2.24, 2.45) is 5.92 Å². The molecule has 1 saturated heterocycles. The van der Waals surface area contributed by atoms with Gasteiger partial charge in [0.2, 0.25) is 0 Å². The van der Waals surface area contributed by atoms with Crippen LogP contribution in [-0.2, 0) is 0 Å². The highest BCUT2D eigenvalue weighted by molar-refractivity contribution is 4.98. The smallest absolute Gasteiger partial charge is 0.0306 e. The van der Waals surface area contributed by atoms with Crippen molar-refractivity contribution in [1.29, 1.82) is 0 Å². The molecule has 0 aromatic heterocycles. The van der Waals surface area contributed by atoms with Crippen molar-refractivity contribution in [2.45, 2.75) is 57.5 Å². The molecule has 1 saturated carbocycles. The summed E-state index contributed by atoms with van der Waals surface area (Å²) in [6.45, 7) is 7.05. The van der Waals surface area contributed by atoms with Gasteiger partial charge in [-0.1, -0.05) is 20.3 Å². The lowest BCUT2D eigenvalue weighted by molar-refractivity contribution is 0.322. The maximum Gasteiger partial charge on any atom is 0.0306 e. The van der Waals surface area contributed by atoms with Gasteiger partial charge in [0.25, 0.3) is 0 Å². The summed E-state index contributed by atoms with van der Waals surface area (Å²) in [5.74, 6) is 0.926. The Morgan fingerprint density at radius 2 is 2.29 bits per heavy atom. The van der Waals surface area contributed by atoms with Crippen molar-refractivity contribution < 1.29 is 0 Å². The van der Waals surface area contributed by atoms with Crippen LogP contribution in [0.4, 0.5) is 0 Å². The molecule has 2 nitrogen and oxygen atoms in total. The molecule has 0 spiro atoms. The first kappa shape index (κ1) is 10.4. The van der Waals surface area contributed by atoms with E-state index < -0.39 is 0 Å². The van der Waals surface area contributed by atoms with E-state index in [1.807, 2.05) is 0 Å². The minimum atomic E-state index is 0.442. The summed E-state index contributed by atoms with van der Waals surface area (Å²) in [7, 11) is 0. The summed E-state index contributed by atoms with van der Waals surface area (Å²) in [6, 6.07) is 0.825. The van der Waals surface area contributed by atoms with Crippen LogP contribution in [0, 0.1) is 5.92 Å². The van der Waals surface area contributed by atoms with Gasteiger partial charge in [-0.2, -0.15) is 0 Å². The first-order chi connectivity index (χ1) is 6.76. The highest BCUT2D eigenvalue weighted by Gasteiger charge is 2.37. The van der Waals surface area contributed by atoms with Gasteiger partial charge in [0.15, 0.2) is 0 Å². The zero-order valence-corrected chi connectivity index (χ0v) is 9.60. The average Bonchev–Trinajstić information content (AvgIpc) is 2.68. The molecular weight excluding hydrogens is 172 g/mol. The molecule has 2 aliphatic rings. The van der Waals surface area contributed by atoms with Gasteiger partial charge in [0.05, 0.1) is 0 Å². The maximum atomic E-state index is 3.71. The van der Waals surface area contributed by atoms with Gasteiger partial charge in [-0.3, -0.25) is 0 Å². The summed E-state index contributed by atoms with van der Waals surface area (Å²) in [4.78, 5) is 0. The van der Waals surface area contributed by atoms with Crippen LogP contribution in [0.25, 0.3) is 0 Å². The van der Waals surface area contributed by atoms with Gasteiger partial charge in [0, 0.05) is 18.1 Å². The summed E-state index contributed by atoms with van der Waals surface area (Å²) in [5.41, 5.74) is 0.442. The molecule has 0 aromatic rings. The van der Waals surface area contributed by atoms with Gasteiger partial charge in [-0.05, 0) is 38.1 Å². The lowest BCUT2D eigenvalue weighted by Crippen LogP contribution is -2.49. The van der Waals surface area contributed by atoms with Gasteiger partial charge in [0.1, 0.15) is 0 Å². The fourth-order valence-electron chi connectivity index (χ4n) is 2.73. The van der Waals surface area contributed by atoms with E-state index in [2.05, 4.69) is 24.5 Å². The van der Waals surface area contributed by atoms with E-state index >= 15 is 0 Å². The first-order valence-electron chi connectivity index (χ1n) is 6.24. The molecule has 1 aliphatic carbocycles. The quantitative estimate of drug-likeness (QED) is 0.702. The molecule has 1 aliphatic heterocycles. The Kier molecular flexibility index (Phi) is 3.13. The Morgan fingerprint density at radius 3 is 2.79 bits per heavy atom. The number of nitrogens with one attached hydrogen (secondary N) is 2. The van der Waals surface area contributed by atoms with E-state index in [1.165, 1.54) is 45.2 Å². The molecule has 2 heteroatoms. The van der Waals surface area contributed by atoms with Crippen LogP contribution < -0.4 is 10.6 Å². The van der Waals surface area contributed by atoms with Crippen LogP contribution in [0.5, 0.6) is 0 Å². The molecule has 0 bridgehead atoms. The fourth-order valence-corrected chi connectivity index (χ4v) is 2.73. The minimum absolute atomic E-state index is 0.442. The van der Waals surface area contributed by atoms with E-state index in [-0.39, 0.29) is 0 Å². The van der Waals surface area contributed by atoms with E-state index in [1.54, 1.807) is 0 Å². The molecule has 0 amide bonds. The molecule has 14 heavy (non-hydrogen) atoms. The van der Waals surface area contributed by atoms with E-state index in [9.17, 15) is 0 Å². The lowest BCUT2D eigenvalue weighted by atomic mass is 9.92. The molecule has 2 fully saturated rings. The Morgan fingerprint density at radius 1 is 1.50 bits per heavy atom. The first-order valence-corrected chi connectivity index (χ1v) is 6.24. The Labute approximate surface area is 87.8 Å². The molecule has 3 unspecified atom stereocenters. The van der Waals surface area contributed by atoms with Crippen LogP contribution in [0.1, 0.15) is 46.0 Å². The summed E-state index contributed by atoms with van der Waals surface area (Å²) in [5, 5.41) is 7.42. The molecule has 82 valence electrons. The van der Waals surface area contributed by atoms with Crippen LogP contribution in [0.2, 0.25) is 0 Å². The predicted molar refractivity (Wildman–Crippen MR) is 60.4 cm³/mol. The number of hydrogen-bond donors (Lipinski definition) is 2. The van der Waals surface area contributed by atoms with E-state index in [0.29, 0.717) is 5.54 Å². The van der Waals surface area contributed by atoms with Gasteiger partial charge < -0.3 is 10.6 Å². The van der Waals surface area contributed by atoms with Crippen molar-refractivity contribution in [3.05, 3.63) is 0 Å². The molecule has 2 rings (SSSR count). The average molecular weight is 196 g/mol. The van der Waals surface area contributed by atoms with Gasteiger partial charge >= 0.3 is 0 Å². The Balaban J connectivity index is 1.78. The van der Waals surface area contributed by atoms with Crippen molar-refractivity contribution in [3.63, 3.8) is 0 Å². The van der Waals surface area contributed by atoms with Crippen molar-refractivity contribution >= 4 is 0 Å². The number of hydrogen-bond acceptors (Lipinski definition) is 2. The third kappa shape index (κ3) is 2.29. The van der Waals surface area contributed by atoms with Crippen molar-refractivity contribution in [1.82, 2.24) is 10.6 Å². The summed E-state index contributed by atoms with van der Waals surface area (Å²) >= 11 is 0. The van der Waals surface area contributed by atoms with Crippen LogP contribution in [0.15, 0.2) is 0 Å². The molecular formula is C12H24N2. The largest absolute Gasteiger partial charge is 0.312 e. The molecule has 0 radical (unpaired) electrons. The fraction of sp³-hybridized carbons (Fsp3) is 1.00. The van der Waals surface area contributed by atoms with Crippen molar-refractivity contribution in [2.75, 3.05) is 13.1 Å². The maximum absolute atomic E-state index is 3.71. The van der Waals surface area contributed by atoms with E-state index in [4.69, 9.17) is 0 Å². The molecule has 2 N–H and O–H groups in total. The highest BCUT2D eigenvalue weighted by atomic mass is 15.1. The second-order valence-corrected chi connectivity index (χ2v) is 5.26. The third-order valence-electron chi connectivity index (χ3n) is 3.87. The predicted octanol–water partition coefficient (Wildman–Crippen LogP) is 1.91. The normalized spacial score (nSPS) is 41.6. The third-order valence-corrected chi connectivity index (χ3v) is 3.87. The van der Waals surface area contributed by atoms with Crippen LogP contribution >= 0.6 is 0 Å². The highest BCUT2D eigenvalue weighted by Crippen LogP contribution is 2.31. The zero-order valence-electron chi connectivity index (χ0n) is 9.60. The second-order valence-electron chi connectivity index (χ2n) is 5.26. The monoisotopic (exact) mass is 196 g/mol. The van der Waals surface area contributed by atoms with Gasteiger partial charge in [-0.15, -0.1) is 0 Å². The zero-order chi connectivity index (χ0) is 10.0. The number of rotatable bonds is 5. The molecule has 1 heterocycles. The topological polar surface area (TPSA) is 24.1 Å². The molecule has 0 aromatic carbocycles. The van der Waals surface area contributed by atoms with Crippen LogP contribution in [0.3, 0.4) is 0 Å². The second kappa shape index (κ2) is 4.19.